The molecule has 3 heteroatoms. The summed E-state index contributed by atoms with van der Waals surface area (Å²) in [4.78, 5) is 0. The molecule has 0 saturated heterocycles. The molecule has 1 atom stereocenters. The van der Waals surface area contributed by atoms with Crippen LogP contribution in [0.4, 0.5) is 0 Å². The van der Waals surface area contributed by atoms with Crippen molar-refractivity contribution in [2.45, 2.75) is 45.1 Å². The van der Waals surface area contributed by atoms with Gasteiger partial charge in [0.15, 0.2) is 0 Å². The average molecular weight is 232 g/mol. The van der Waals surface area contributed by atoms with Crippen molar-refractivity contribution in [3.63, 3.8) is 0 Å². The SMILES string of the molecule is COCC(C)OCC1(CS)CCCCC1. The molecule has 90 valence electrons. The normalized spacial score (nSPS) is 22.6. The Hall–Kier alpha value is 0.270. The van der Waals surface area contributed by atoms with Crippen molar-refractivity contribution >= 4 is 12.6 Å². The molecule has 0 spiro atoms. The second-order valence-corrected chi connectivity index (χ2v) is 5.11. The molecule has 1 fully saturated rings. The van der Waals surface area contributed by atoms with E-state index in [-0.39, 0.29) is 6.10 Å². The molecule has 1 aliphatic rings. The fourth-order valence-corrected chi connectivity index (χ4v) is 2.66. The van der Waals surface area contributed by atoms with Crippen LogP contribution in [0.3, 0.4) is 0 Å². The van der Waals surface area contributed by atoms with Crippen molar-refractivity contribution in [1.29, 1.82) is 0 Å². The summed E-state index contributed by atoms with van der Waals surface area (Å²) in [6.45, 7) is 3.60. The van der Waals surface area contributed by atoms with Gasteiger partial charge in [0, 0.05) is 12.5 Å². The topological polar surface area (TPSA) is 18.5 Å². The van der Waals surface area contributed by atoms with Crippen LogP contribution in [0.15, 0.2) is 0 Å². The van der Waals surface area contributed by atoms with E-state index >= 15 is 0 Å². The lowest BCUT2D eigenvalue weighted by atomic mass is 9.76. The van der Waals surface area contributed by atoms with E-state index in [2.05, 4.69) is 19.6 Å². The first-order valence-electron chi connectivity index (χ1n) is 5.94. The van der Waals surface area contributed by atoms with Gasteiger partial charge in [-0.1, -0.05) is 19.3 Å². The summed E-state index contributed by atoms with van der Waals surface area (Å²) >= 11 is 4.49. The zero-order valence-corrected chi connectivity index (χ0v) is 10.9. The number of hydrogen-bond donors (Lipinski definition) is 1. The van der Waals surface area contributed by atoms with Crippen LogP contribution in [0.25, 0.3) is 0 Å². The van der Waals surface area contributed by atoms with Gasteiger partial charge in [0.1, 0.15) is 0 Å². The number of thiol groups is 1. The standard InChI is InChI=1S/C12H24O2S/c1-11(8-13-2)14-9-12(10-15)6-4-3-5-7-12/h11,15H,3-10H2,1-2H3. The van der Waals surface area contributed by atoms with Crippen LogP contribution >= 0.6 is 12.6 Å². The molecule has 1 saturated carbocycles. The Labute approximate surface area is 99.1 Å². The molecule has 0 aliphatic heterocycles. The highest BCUT2D eigenvalue weighted by Crippen LogP contribution is 2.37. The Morgan fingerprint density at radius 2 is 1.93 bits per heavy atom. The molecule has 0 aromatic carbocycles. The number of rotatable bonds is 6. The van der Waals surface area contributed by atoms with Crippen LogP contribution in [-0.4, -0.2) is 32.2 Å². The molecule has 0 N–H and O–H groups in total. The van der Waals surface area contributed by atoms with Gasteiger partial charge in [-0.15, -0.1) is 0 Å². The van der Waals surface area contributed by atoms with Crippen molar-refractivity contribution < 1.29 is 9.47 Å². The average Bonchev–Trinajstić information content (AvgIpc) is 2.28. The first kappa shape index (κ1) is 13.3. The largest absolute Gasteiger partial charge is 0.382 e. The van der Waals surface area contributed by atoms with E-state index in [0.717, 1.165) is 12.4 Å². The first-order chi connectivity index (χ1) is 7.22. The zero-order valence-electron chi connectivity index (χ0n) is 10.00. The maximum absolute atomic E-state index is 5.84. The fraction of sp³-hybridized carbons (Fsp3) is 1.00. The third-order valence-electron chi connectivity index (χ3n) is 3.33. The van der Waals surface area contributed by atoms with Gasteiger partial charge in [-0.2, -0.15) is 12.6 Å². The first-order valence-corrected chi connectivity index (χ1v) is 6.57. The number of ether oxygens (including phenoxy) is 2. The van der Waals surface area contributed by atoms with Crippen molar-refractivity contribution in [3.8, 4) is 0 Å². The van der Waals surface area contributed by atoms with Gasteiger partial charge in [0.05, 0.1) is 19.3 Å². The highest BCUT2D eigenvalue weighted by Gasteiger charge is 2.31. The van der Waals surface area contributed by atoms with E-state index in [9.17, 15) is 0 Å². The minimum absolute atomic E-state index is 0.202. The Morgan fingerprint density at radius 3 is 2.47 bits per heavy atom. The molecule has 0 aromatic rings. The summed E-state index contributed by atoms with van der Waals surface area (Å²) in [6.07, 6.45) is 6.80. The van der Waals surface area contributed by atoms with Gasteiger partial charge in [0.2, 0.25) is 0 Å². The molecular formula is C12H24O2S. The minimum Gasteiger partial charge on any atom is -0.382 e. The second-order valence-electron chi connectivity index (χ2n) is 4.80. The molecule has 0 aromatic heterocycles. The van der Waals surface area contributed by atoms with E-state index in [1.54, 1.807) is 7.11 Å². The van der Waals surface area contributed by atoms with Crippen molar-refractivity contribution in [2.24, 2.45) is 5.41 Å². The monoisotopic (exact) mass is 232 g/mol. The Kier molecular flexibility index (Phi) is 6.02. The Morgan fingerprint density at radius 1 is 1.27 bits per heavy atom. The Bertz CT molecular complexity index is 167. The lowest BCUT2D eigenvalue weighted by molar-refractivity contribution is -0.0374. The molecule has 0 radical (unpaired) electrons. The second kappa shape index (κ2) is 6.77. The van der Waals surface area contributed by atoms with Crippen LogP contribution in [0.1, 0.15) is 39.0 Å². The minimum atomic E-state index is 0.202. The molecular weight excluding hydrogens is 208 g/mol. The summed E-state index contributed by atoms with van der Waals surface area (Å²) in [6, 6.07) is 0. The van der Waals surface area contributed by atoms with Crippen molar-refractivity contribution in [3.05, 3.63) is 0 Å². The summed E-state index contributed by atoms with van der Waals surface area (Å²) < 4.78 is 10.9. The molecule has 1 unspecified atom stereocenters. The fourth-order valence-electron chi connectivity index (χ4n) is 2.25. The van der Waals surface area contributed by atoms with E-state index < -0.39 is 0 Å². The highest BCUT2D eigenvalue weighted by atomic mass is 32.1. The van der Waals surface area contributed by atoms with Crippen LogP contribution < -0.4 is 0 Å². The molecule has 15 heavy (non-hydrogen) atoms. The third kappa shape index (κ3) is 4.33. The summed E-state index contributed by atoms with van der Waals surface area (Å²) in [7, 11) is 1.72. The number of methoxy groups -OCH3 is 1. The highest BCUT2D eigenvalue weighted by molar-refractivity contribution is 7.80. The maximum Gasteiger partial charge on any atom is 0.0780 e. The van der Waals surface area contributed by atoms with E-state index in [1.165, 1.54) is 32.1 Å². The third-order valence-corrected chi connectivity index (χ3v) is 4.00. The van der Waals surface area contributed by atoms with Crippen molar-refractivity contribution in [2.75, 3.05) is 26.1 Å². The molecule has 1 rings (SSSR count). The summed E-state index contributed by atoms with van der Waals surface area (Å²) in [5.74, 6) is 0.951. The van der Waals surface area contributed by atoms with Gasteiger partial charge >= 0.3 is 0 Å². The molecule has 1 aliphatic carbocycles. The molecule has 2 nitrogen and oxygen atoms in total. The smallest absolute Gasteiger partial charge is 0.0780 e. The zero-order chi connectivity index (χ0) is 11.1. The lowest BCUT2D eigenvalue weighted by Gasteiger charge is -2.36. The van der Waals surface area contributed by atoms with Gasteiger partial charge < -0.3 is 9.47 Å². The predicted octanol–water partition coefficient (Wildman–Crippen LogP) is 2.92. The Balaban J connectivity index is 2.32. The van der Waals surface area contributed by atoms with Crippen molar-refractivity contribution in [1.82, 2.24) is 0 Å². The van der Waals surface area contributed by atoms with Crippen LogP contribution in [0.5, 0.6) is 0 Å². The van der Waals surface area contributed by atoms with E-state index in [1.807, 2.05) is 0 Å². The van der Waals surface area contributed by atoms with Gasteiger partial charge in [0.25, 0.3) is 0 Å². The van der Waals surface area contributed by atoms with E-state index in [0.29, 0.717) is 12.0 Å². The van der Waals surface area contributed by atoms with Crippen LogP contribution in [0, 0.1) is 5.41 Å². The van der Waals surface area contributed by atoms with E-state index in [4.69, 9.17) is 9.47 Å². The van der Waals surface area contributed by atoms with Crippen LogP contribution in [0.2, 0.25) is 0 Å². The molecule has 0 bridgehead atoms. The summed E-state index contributed by atoms with van der Waals surface area (Å²) in [5.41, 5.74) is 0.337. The number of hydrogen-bond acceptors (Lipinski definition) is 3. The maximum atomic E-state index is 5.84. The van der Waals surface area contributed by atoms with Gasteiger partial charge in [-0.25, -0.2) is 0 Å². The summed E-state index contributed by atoms with van der Waals surface area (Å²) in [5, 5.41) is 0. The van der Waals surface area contributed by atoms with Gasteiger partial charge in [-0.05, 0) is 25.5 Å². The van der Waals surface area contributed by atoms with Crippen LogP contribution in [-0.2, 0) is 9.47 Å². The predicted molar refractivity (Wildman–Crippen MR) is 66.7 cm³/mol. The quantitative estimate of drug-likeness (QED) is 0.710. The van der Waals surface area contributed by atoms with Gasteiger partial charge in [-0.3, -0.25) is 0 Å². The lowest BCUT2D eigenvalue weighted by Crippen LogP contribution is -2.33. The molecule has 0 heterocycles. The molecule has 0 amide bonds.